The van der Waals surface area contributed by atoms with Gasteiger partial charge in [-0.3, -0.25) is 24.0 Å². The van der Waals surface area contributed by atoms with E-state index >= 15 is 0 Å². The number of carbonyl (C=O) groups is 5. The summed E-state index contributed by atoms with van der Waals surface area (Å²) < 4.78 is 82.1. The zero-order valence-electron chi connectivity index (χ0n) is 67.4. The third-order valence-electron chi connectivity index (χ3n) is 19.2. The van der Waals surface area contributed by atoms with Crippen LogP contribution in [0.5, 0.6) is 0 Å². The second-order valence-corrected chi connectivity index (χ2v) is 29.8. The van der Waals surface area contributed by atoms with E-state index in [-0.39, 0.29) is 45.5 Å². The summed E-state index contributed by atoms with van der Waals surface area (Å²) in [6, 6.07) is 26.8. The molecule has 25 unspecified atom stereocenters. The van der Waals surface area contributed by atoms with E-state index in [1.165, 1.54) is 46.4 Å². The molecule has 8 rings (SSSR count). The van der Waals surface area contributed by atoms with Crippen LogP contribution in [0.4, 0.5) is 0 Å². The van der Waals surface area contributed by atoms with Crippen LogP contribution in [0, 0.1) is 5.92 Å². The van der Waals surface area contributed by atoms with E-state index in [9.17, 15) is 75.0 Å². The molecule has 2 amide bonds. The third-order valence-corrected chi connectivity index (χ3v) is 20.5. The fourth-order valence-electron chi connectivity index (χ4n) is 13.1. The standard InChI is InChI=1S/C39H46O12S.C20H38N2O11.C14H28N2O6.C6H13N3O/c1-24-33(43)34(31(22-44-20-28-14-8-5-9-15-28)50-39(24)52-30-18-12-7-13-19-30)51-38-37(48-27(4)42)36(47-26(3)41)35(46-25(2)40)32(49-38)23-45-21-29-16-10-6-11-17-29;1-10(25)22-13-15(27)18(33-20-17(29)16(28)14(26)11(8-23)31-20)12(9-24)32-19(13)30-7-5-3-2-4-6-21;1-9(18)16-11-13(20)12(19)10(8-17)22-14(11)21-7-5-3-2-4-6-15;7-9-8-5-3-1-2-4-6-10/h5-19,24,31-39,43H,20-23H2,1-4H3;11-20,23-24,26-29H,2-9,21H2,1H3,(H,22,25);10-14,17,19-20H,2-8,15H2,1H3,(H,16,18);10H,1-6H2. The number of rotatable bonds is 42. The van der Waals surface area contributed by atoms with Gasteiger partial charge in [-0.15, -0.1) is 0 Å². The highest BCUT2D eigenvalue weighted by atomic mass is 32.2. The second kappa shape index (κ2) is 56.3. The Morgan fingerprint density at radius 3 is 1.36 bits per heavy atom. The Morgan fingerprint density at radius 1 is 0.453 bits per heavy atom. The van der Waals surface area contributed by atoms with Crippen molar-refractivity contribution in [3.05, 3.63) is 113 Å². The van der Waals surface area contributed by atoms with E-state index in [2.05, 4.69) is 20.7 Å². The number of aliphatic hydroxyl groups is 11. The molecule has 3 aromatic rings. The summed E-state index contributed by atoms with van der Waals surface area (Å²) in [5, 5.41) is 118. The minimum atomic E-state index is -1.71. The number of nitrogens with two attached hydrogens (primary N) is 2. The molecule has 38 heteroatoms. The van der Waals surface area contributed by atoms with E-state index in [1.54, 1.807) is 0 Å². The molecule has 0 radical (unpaired) electrons. The molecule has 662 valence electrons. The Kier molecular flexibility index (Phi) is 48.8. The van der Waals surface area contributed by atoms with E-state index in [0.29, 0.717) is 32.7 Å². The van der Waals surface area contributed by atoms with Gasteiger partial charge < -0.3 is 145 Å². The highest BCUT2D eigenvalue weighted by Crippen LogP contribution is 2.41. The van der Waals surface area contributed by atoms with Crippen molar-refractivity contribution in [1.29, 1.82) is 0 Å². The molecule has 25 atom stereocenters. The van der Waals surface area contributed by atoms with Gasteiger partial charge in [0.05, 0.1) is 52.4 Å². The lowest BCUT2D eigenvalue weighted by Crippen LogP contribution is -2.67. The van der Waals surface area contributed by atoms with Gasteiger partial charge in [-0.2, -0.15) is 0 Å². The van der Waals surface area contributed by atoms with Crippen molar-refractivity contribution in [2.75, 3.05) is 72.5 Å². The van der Waals surface area contributed by atoms with Crippen molar-refractivity contribution in [2.45, 2.75) is 283 Å². The van der Waals surface area contributed by atoms with E-state index in [1.807, 2.05) is 97.9 Å². The van der Waals surface area contributed by atoms with Crippen molar-refractivity contribution in [1.82, 2.24) is 10.6 Å². The molecule has 17 N–H and O–H groups in total. The number of thioether (sulfide) groups is 1. The topological polar surface area (TPSA) is 562 Å². The fraction of sp³-hybridized carbons (Fsp3) is 0.709. The van der Waals surface area contributed by atoms with Crippen molar-refractivity contribution >= 4 is 41.5 Å². The molecule has 0 aliphatic carbocycles. The first-order valence-electron chi connectivity index (χ1n) is 39.7. The van der Waals surface area contributed by atoms with Crippen LogP contribution in [-0.4, -0.2) is 305 Å². The highest BCUT2D eigenvalue weighted by molar-refractivity contribution is 7.99. The Morgan fingerprint density at radius 2 is 0.872 bits per heavy atom. The molecular formula is C79H125N7O30S. The van der Waals surface area contributed by atoms with Crippen molar-refractivity contribution in [3.8, 4) is 0 Å². The number of ether oxygens (including phenoxy) is 14. The fourth-order valence-corrected chi connectivity index (χ4v) is 14.3. The number of unbranched alkanes of at least 4 members (excludes halogenated alkanes) is 9. The number of aliphatic hydroxyl groups excluding tert-OH is 11. The van der Waals surface area contributed by atoms with Gasteiger partial charge in [-0.25, -0.2) is 0 Å². The monoisotopic (exact) mass is 1680 g/mol. The van der Waals surface area contributed by atoms with Gasteiger partial charge in [0, 0.05) is 76.7 Å². The summed E-state index contributed by atoms with van der Waals surface area (Å²) in [5.74, 6) is -3.39. The zero-order valence-corrected chi connectivity index (χ0v) is 68.2. The maximum Gasteiger partial charge on any atom is 0.303 e. The number of nitrogens with zero attached hydrogens (tertiary/aromatic N) is 3. The van der Waals surface area contributed by atoms with Crippen LogP contribution < -0.4 is 22.1 Å². The van der Waals surface area contributed by atoms with Crippen LogP contribution in [0.1, 0.15) is 130 Å². The van der Waals surface area contributed by atoms with Crippen LogP contribution in [0.25, 0.3) is 10.4 Å². The minimum absolute atomic E-state index is 0.0349. The van der Waals surface area contributed by atoms with Crippen molar-refractivity contribution < 1.29 is 146 Å². The van der Waals surface area contributed by atoms with Gasteiger partial charge in [0.1, 0.15) is 96.9 Å². The summed E-state index contributed by atoms with van der Waals surface area (Å²) in [6.45, 7) is 9.51. The lowest BCUT2D eigenvalue weighted by molar-refractivity contribution is -0.348. The highest BCUT2D eigenvalue weighted by Gasteiger charge is 2.56. The average molecular weight is 1680 g/mol. The second-order valence-electron chi connectivity index (χ2n) is 28.6. The lowest BCUT2D eigenvalue weighted by Gasteiger charge is -2.48. The first-order valence-corrected chi connectivity index (χ1v) is 40.6. The normalized spacial score (nSPS) is 30.7. The maximum atomic E-state index is 12.5. The molecular weight excluding hydrogens is 1560 g/mol. The molecule has 5 aliphatic heterocycles. The molecule has 37 nitrogen and oxygen atoms in total. The van der Waals surface area contributed by atoms with Crippen molar-refractivity contribution in [3.63, 3.8) is 0 Å². The molecule has 5 saturated heterocycles. The molecule has 5 heterocycles. The summed E-state index contributed by atoms with van der Waals surface area (Å²) in [6.07, 6.45) is -15.5. The SMILES string of the molecule is CC(=O)NC1C(OCCCCCCN)OC(CO)C(O)C1O.CC(=O)NC1C(OCCCCCCN)OC(CO)C(OC2OC(CO)C(O)C(O)C2O)C1O.CC(=O)OC1C(COCc2ccccc2)OC(OC2C(COCc3ccccc3)OC(Sc3ccccc3)C(C)C2O)C(OC(C)=O)C1OC(C)=O.[N-]=[N+]=NCCCCCCO. The lowest BCUT2D eigenvalue weighted by atomic mass is 9.93. The van der Waals surface area contributed by atoms with E-state index in [4.69, 9.17) is 88.4 Å². The Bertz CT molecular complexity index is 3280. The van der Waals surface area contributed by atoms with Crippen LogP contribution >= 0.6 is 11.8 Å². The van der Waals surface area contributed by atoms with Crippen molar-refractivity contribution in [2.24, 2.45) is 22.5 Å². The summed E-state index contributed by atoms with van der Waals surface area (Å²) in [5.41, 5.74) is 20.1. The van der Waals surface area contributed by atoms with Gasteiger partial charge in [0.2, 0.25) is 11.8 Å². The molecule has 0 saturated carbocycles. The van der Waals surface area contributed by atoms with Crippen LogP contribution in [0.3, 0.4) is 0 Å². The zero-order chi connectivity index (χ0) is 85.8. The molecule has 0 spiro atoms. The average Bonchev–Trinajstić information content (AvgIpc) is 0.777. The van der Waals surface area contributed by atoms with Crippen LogP contribution in [0.2, 0.25) is 0 Å². The van der Waals surface area contributed by atoms with Gasteiger partial charge in [-0.05, 0) is 80.4 Å². The molecule has 0 bridgehead atoms. The first-order chi connectivity index (χ1) is 56.2. The first kappa shape index (κ1) is 101. The third kappa shape index (κ3) is 35.0. The number of esters is 3. The summed E-state index contributed by atoms with van der Waals surface area (Å²) in [4.78, 5) is 63.8. The number of azide groups is 1. The Hall–Kier alpha value is -6.29. The predicted molar refractivity (Wildman–Crippen MR) is 418 cm³/mol. The molecule has 3 aromatic carbocycles. The van der Waals surface area contributed by atoms with Gasteiger partial charge >= 0.3 is 17.9 Å². The van der Waals surface area contributed by atoms with Crippen LogP contribution in [-0.2, 0) is 104 Å². The van der Waals surface area contributed by atoms with Gasteiger partial charge in [0.25, 0.3) is 0 Å². The summed E-state index contributed by atoms with van der Waals surface area (Å²) >= 11 is 1.47. The number of amides is 2. The van der Waals surface area contributed by atoms with Gasteiger partial charge in [0.15, 0.2) is 43.5 Å². The molecule has 5 aliphatic rings. The van der Waals surface area contributed by atoms with E-state index in [0.717, 1.165) is 86.7 Å². The minimum Gasteiger partial charge on any atom is -0.456 e. The number of carbonyl (C=O) groups excluding carboxylic acids is 5. The van der Waals surface area contributed by atoms with Crippen LogP contribution in [0.15, 0.2) is 101 Å². The number of hydrogen-bond donors (Lipinski definition) is 15. The number of nitrogens with one attached hydrogen (secondary N) is 2. The van der Waals surface area contributed by atoms with E-state index < -0.39 is 196 Å². The molecule has 117 heavy (non-hydrogen) atoms. The largest absolute Gasteiger partial charge is 0.456 e. The quantitative estimate of drug-likeness (QED) is 0.00953. The maximum absolute atomic E-state index is 12.5. The molecule has 0 aromatic heterocycles. The summed E-state index contributed by atoms with van der Waals surface area (Å²) in [7, 11) is 0. The molecule has 5 fully saturated rings. The smallest absolute Gasteiger partial charge is 0.303 e. The number of hydrogen-bond acceptors (Lipinski definition) is 34. The van der Waals surface area contributed by atoms with Gasteiger partial charge in [-0.1, -0.05) is 141 Å². The Balaban J connectivity index is 0.000000319. The Labute approximate surface area is 686 Å². The number of benzene rings is 3. The predicted octanol–water partition coefficient (Wildman–Crippen LogP) is 1.44.